The normalized spacial score (nSPS) is 24.3. The van der Waals surface area contributed by atoms with Crippen molar-refractivity contribution in [2.24, 2.45) is 16.9 Å². The Balaban J connectivity index is 1.48. The maximum atomic E-state index is 14.0. The zero-order valence-corrected chi connectivity index (χ0v) is 18.7. The van der Waals surface area contributed by atoms with Crippen LogP contribution >= 0.6 is 0 Å². The lowest BCUT2D eigenvalue weighted by Gasteiger charge is -2.33. The molecule has 3 aromatic rings. The third-order valence-electron chi connectivity index (χ3n) is 7.00. The molecule has 0 aliphatic carbocycles. The van der Waals surface area contributed by atoms with Gasteiger partial charge in [-0.05, 0) is 53.6 Å². The Morgan fingerprint density at radius 2 is 1.69 bits per heavy atom. The van der Waals surface area contributed by atoms with Crippen molar-refractivity contribution < 1.29 is 23.5 Å². The molecular weight excluding hydrogens is 449 g/mol. The summed E-state index contributed by atoms with van der Waals surface area (Å²) in [5.41, 5.74) is 2.19. The van der Waals surface area contributed by atoms with Crippen LogP contribution in [0, 0.1) is 17.7 Å². The molecule has 174 valence electrons. The molecule has 6 rings (SSSR count). The largest absolute Gasteiger partial charge is 0.497 e. The van der Waals surface area contributed by atoms with Crippen LogP contribution in [0.1, 0.15) is 27.5 Å². The van der Waals surface area contributed by atoms with E-state index in [-0.39, 0.29) is 11.5 Å². The highest BCUT2D eigenvalue weighted by atomic mass is 19.1. The number of carbonyl (C=O) groups is 3. The fourth-order valence-electron chi connectivity index (χ4n) is 5.46. The van der Waals surface area contributed by atoms with E-state index in [0.29, 0.717) is 11.3 Å². The number of rotatable bonds is 4. The molecule has 2 fully saturated rings. The van der Waals surface area contributed by atoms with Gasteiger partial charge in [0.25, 0.3) is 0 Å². The molecule has 0 aromatic heterocycles. The standard InChI is InChI=1S/C27H20FN3O4/c1-35-19-11-9-15(10-12-19)25(32)24-22-21(23-20-8-3-2-5-16(20)14-29-31(23)24)26(33)30(27(22)34)18-7-4-6-17(28)13-18/h2-14,21-24H,1H3/t21-,22+,23+,24+/m0/s1. The monoisotopic (exact) mass is 469 g/mol. The van der Waals surface area contributed by atoms with E-state index in [4.69, 9.17) is 4.74 Å². The summed E-state index contributed by atoms with van der Waals surface area (Å²) < 4.78 is 19.2. The number of imide groups is 1. The van der Waals surface area contributed by atoms with Crippen molar-refractivity contribution in [1.82, 2.24) is 5.01 Å². The third-order valence-corrected chi connectivity index (χ3v) is 7.00. The van der Waals surface area contributed by atoms with Crippen LogP contribution in [0.3, 0.4) is 0 Å². The minimum absolute atomic E-state index is 0.157. The number of methoxy groups -OCH3 is 1. The van der Waals surface area contributed by atoms with Gasteiger partial charge in [-0.3, -0.25) is 19.4 Å². The average Bonchev–Trinajstić information content (AvgIpc) is 3.36. The highest BCUT2D eigenvalue weighted by molar-refractivity contribution is 6.24. The van der Waals surface area contributed by atoms with Crippen LogP contribution in [0.25, 0.3) is 0 Å². The number of Topliss-reactive ketones (excluding diaryl/α,β-unsaturated/α-hetero) is 1. The second kappa shape index (κ2) is 7.87. The van der Waals surface area contributed by atoms with E-state index in [2.05, 4.69) is 5.10 Å². The van der Waals surface area contributed by atoms with Gasteiger partial charge in [-0.2, -0.15) is 5.10 Å². The van der Waals surface area contributed by atoms with E-state index in [9.17, 15) is 18.8 Å². The number of nitrogens with zero attached hydrogens (tertiary/aromatic N) is 3. The third kappa shape index (κ3) is 3.10. The summed E-state index contributed by atoms with van der Waals surface area (Å²) in [6, 6.07) is 17.9. The smallest absolute Gasteiger partial charge is 0.240 e. The molecule has 3 heterocycles. The van der Waals surface area contributed by atoms with Gasteiger partial charge in [-0.1, -0.05) is 30.3 Å². The number of anilines is 1. The van der Waals surface area contributed by atoms with E-state index in [1.165, 1.54) is 25.3 Å². The lowest BCUT2D eigenvalue weighted by atomic mass is 9.83. The van der Waals surface area contributed by atoms with Crippen LogP contribution in [0.4, 0.5) is 10.1 Å². The summed E-state index contributed by atoms with van der Waals surface area (Å²) in [5, 5.41) is 6.14. The molecule has 0 spiro atoms. The van der Waals surface area contributed by atoms with Crippen molar-refractivity contribution >= 4 is 29.5 Å². The van der Waals surface area contributed by atoms with Gasteiger partial charge in [-0.25, -0.2) is 9.29 Å². The number of hydrogen-bond donors (Lipinski definition) is 0. The second-order valence-corrected chi connectivity index (χ2v) is 8.78. The van der Waals surface area contributed by atoms with Gasteiger partial charge in [0.15, 0.2) is 5.78 Å². The first kappa shape index (κ1) is 21.2. The molecule has 4 atom stereocenters. The quantitative estimate of drug-likeness (QED) is 0.431. The fourth-order valence-corrected chi connectivity index (χ4v) is 5.46. The van der Waals surface area contributed by atoms with Crippen LogP contribution in [-0.2, 0) is 9.59 Å². The molecule has 2 amide bonds. The molecule has 35 heavy (non-hydrogen) atoms. The van der Waals surface area contributed by atoms with Crippen molar-refractivity contribution in [3.05, 3.63) is 95.3 Å². The van der Waals surface area contributed by atoms with Crippen LogP contribution in [0.15, 0.2) is 77.9 Å². The first-order chi connectivity index (χ1) is 17.0. The first-order valence-electron chi connectivity index (χ1n) is 11.2. The zero-order chi connectivity index (χ0) is 24.3. The molecule has 3 aliphatic heterocycles. The van der Waals surface area contributed by atoms with E-state index >= 15 is 0 Å². The Bertz CT molecular complexity index is 1400. The number of fused-ring (bicyclic) bond motifs is 5. The summed E-state index contributed by atoms with van der Waals surface area (Å²) in [7, 11) is 1.53. The Morgan fingerprint density at radius 3 is 2.43 bits per heavy atom. The predicted molar refractivity (Wildman–Crippen MR) is 126 cm³/mol. The van der Waals surface area contributed by atoms with Crippen molar-refractivity contribution in [1.29, 1.82) is 0 Å². The van der Waals surface area contributed by atoms with Gasteiger partial charge in [0.1, 0.15) is 17.6 Å². The van der Waals surface area contributed by atoms with E-state index in [1.807, 2.05) is 24.3 Å². The summed E-state index contributed by atoms with van der Waals surface area (Å²) in [5.74, 6) is -3.07. The number of benzene rings is 3. The Kier molecular flexibility index (Phi) is 4.77. The highest BCUT2D eigenvalue weighted by Gasteiger charge is 2.65. The molecule has 0 N–H and O–H groups in total. The molecule has 3 aliphatic rings. The van der Waals surface area contributed by atoms with Crippen molar-refractivity contribution in [2.75, 3.05) is 12.0 Å². The number of amides is 2. The summed E-state index contributed by atoms with van der Waals surface area (Å²) >= 11 is 0. The average molecular weight is 469 g/mol. The molecule has 0 saturated carbocycles. The highest BCUT2D eigenvalue weighted by Crippen LogP contribution is 2.53. The second-order valence-electron chi connectivity index (χ2n) is 8.78. The maximum absolute atomic E-state index is 14.0. The topological polar surface area (TPSA) is 79.3 Å². The van der Waals surface area contributed by atoms with Crippen LogP contribution in [0.2, 0.25) is 0 Å². The van der Waals surface area contributed by atoms with Crippen LogP contribution in [0.5, 0.6) is 5.75 Å². The van der Waals surface area contributed by atoms with Crippen molar-refractivity contribution in [3.8, 4) is 5.75 Å². The molecular formula is C27H20FN3O4. The van der Waals surface area contributed by atoms with E-state index < -0.39 is 41.6 Å². The van der Waals surface area contributed by atoms with Gasteiger partial charge in [0, 0.05) is 5.56 Å². The van der Waals surface area contributed by atoms with Gasteiger partial charge in [0.2, 0.25) is 11.8 Å². The number of carbonyl (C=O) groups excluding carboxylic acids is 3. The molecule has 0 bridgehead atoms. The van der Waals surface area contributed by atoms with Crippen LogP contribution < -0.4 is 9.64 Å². The van der Waals surface area contributed by atoms with Crippen LogP contribution in [-0.4, -0.2) is 42.0 Å². The zero-order valence-electron chi connectivity index (χ0n) is 18.7. The Labute approximate surface area is 200 Å². The Morgan fingerprint density at radius 1 is 0.943 bits per heavy atom. The number of ether oxygens (including phenoxy) is 1. The molecule has 0 unspecified atom stereocenters. The number of halogens is 1. The summed E-state index contributed by atoms with van der Waals surface area (Å²) in [6.07, 6.45) is 1.65. The van der Waals surface area contributed by atoms with Gasteiger partial charge < -0.3 is 4.74 Å². The fraction of sp³-hybridized carbons (Fsp3) is 0.185. The summed E-state index contributed by atoms with van der Waals surface area (Å²) in [6.45, 7) is 0. The molecule has 3 aromatic carbocycles. The molecule has 0 radical (unpaired) electrons. The maximum Gasteiger partial charge on any atom is 0.240 e. The van der Waals surface area contributed by atoms with Gasteiger partial charge in [-0.15, -0.1) is 0 Å². The van der Waals surface area contributed by atoms with Gasteiger partial charge >= 0.3 is 0 Å². The van der Waals surface area contributed by atoms with E-state index in [1.54, 1.807) is 35.5 Å². The number of ketones is 1. The van der Waals surface area contributed by atoms with Crippen molar-refractivity contribution in [3.63, 3.8) is 0 Å². The minimum Gasteiger partial charge on any atom is -0.497 e. The van der Waals surface area contributed by atoms with Crippen molar-refractivity contribution in [2.45, 2.75) is 12.1 Å². The molecule has 7 nitrogen and oxygen atoms in total. The first-order valence-corrected chi connectivity index (χ1v) is 11.2. The lowest BCUT2D eigenvalue weighted by Crippen LogP contribution is -2.44. The van der Waals surface area contributed by atoms with E-state index in [0.717, 1.165) is 22.1 Å². The molecule has 8 heteroatoms. The molecule has 2 saturated heterocycles. The lowest BCUT2D eigenvalue weighted by molar-refractivity contribution is -0.124. The summed E-state index contributed by atoms with van der Waals surface area (Å²) in [4.78, 5) is 42.3. The minimum atomic E-state index is -0.988. The predicted octanol–water partition coefficient (Wildman–Crippen LogP) is 3.60. The SMILES string of the molecule is COc1ccc(C(=O)[C@H]2[C@@H]3C(=O)N(c4cccc(F)c4)C(=O)[C@@H]3[C@H]3c4ccccc4C=NN32)cc1. The van der Waals surface area contributed by atoms with Gasteiger partial charge in [0.05, 0.1) is 36.9 Å². The number of hydrogen-bond acceptors (Lipinski definition) is 6. The Hall–Kier alpha value is -4.33. The number of hydrazone groups is 1.